The van der Waals surface area contributed by atoms with Crippen molar-refractivity contribution in [2.45, 2.75) is 52.7 Å². The van der Waals surface area contributed by atoms with Crippen molar-refractivity contribution in [3.05, 3.63) is 35.9 Å². The summed E-state index contributed by atoms with van der Waals surface area (Å²) < 4.78 is 10.4. The minimum Gasteiger partial charge on any atom is -0.464 e. The molecule has 23 heavy (non-hydrogen) atoms. The van der Waals surface area contributed by atoms with Gasteiger partial charge in [-0.25, -0.2) is 9.59 Å². The Bertz CT molecular complexity index is 473. The molecular formula is C18H27NO4. The molecule has 0 radical (unpaired) electrons. The summed E-state index contributed by atoms with van der Waals surface area (Å²) in [4.78, 5) is 23.9. The van der Waals surface area contributed by atoms with Gasteiger partial charge in [0.05, 0.1) is 6.61 Å². The van der Waals surface area contributed by atoms with Gasteiger partial charge in [0.25, 0.3) is 0 Å². The molecule has 0 fully saturated rings. The molecule has 1 aromatic carbocycles. The highest BCUT2D eigenvalue weighted by Crippen LogP contribution is 2.07. The Morgan fingerprint density at radius 1 is 1.09 bits per heavy atom. The maximum absolute atomic E-state index is 12.1. The van der Waals surface area contributed by atoms with Crippen LogP contribution < -0.4 is 5.32 Å². The Morgan fingerprint density at radius 3 is 2.39 bits per heavy atom. The van der Waals surface area contributed by atoms with Gasteiger partial charge >= 0.3 is 12.1 Å². The van der Waals surface area contributed by atoms with Gasteiger partial charge in [-0.2, -0.15) is 0 Å². The predicted octanol–water partition coefficient (Wildman–Crippen LogP) is 3.67. The fourth-order valence-corrected chi connectivity index (χ4v) is 2.00. The highest BCUT2D eigenvalue weighted by atomic mass is 16.6. The summed E-state index contributed by atoms with van der Waals surface area (Å²) in [5.41, 5.74) is 0.894. The highest BCUT2D eigenvalue weighted by Gasteiger charge is 2.26. The molecule has 1 aromatic rings. The second-order valence-electron chi connectivity index (χ2n) is 5.80. The van der Waals surface area contributed by atoms with E-state index in [1.807, 2.05) is 44.2 Å². The number of alkyl carbamates (subject to hydrolysis) is 1. The first-order valence-electron chi connectivity index (χ1n) is 8.18. The molecule has 1 amide bonds. The molecule has 0 aliphatic rings. The van der Waals surface area contributed by atoms with E-state index in [1.165, 1.54) is 0 Å². The molecule has 0 heterocycles. The smallest absolute Gasteiger partial charge is 0.408 e. The third-order valence-electron chi connectivity index (χ3n) is 3.40. The molecule has 5 nitrogen and oxygen atoms in total. The van der Waals surface area contributed by atoms with Crippen molar-refractivity contribution in [3.8, 4) is 0 Å². The van der Waals surface area contributed by atoms with Gasteiger partial charge in [0.1, 0.15) is 12.6 Å². The van der Waals surface area contributed by atoms with E-state index < -0.39 is 18.1 Å². The van der Waals surface area contributed by atoms with E-state index >= 15 is 0 Å². The minimum absolute atomic E-state index is 0.0713. The number of esters is 1. The van der Waals surface area contributed by atoms with E-state index in [1.54, 1.807) is 0 Å². The molecule has 0 aliphatic carbocycles. The van der Waals surface area contributed by atoms with Crippen LogP contribution in [0.15, 0.2) is 30.3 Å². The van der Waals surface area contributed by atoms with Crippen molar-refractivity contribution in [2.75, 3.05) is 6.61 Å². The van der Waals surface area contributed by atoms with Gasteiger partial charge in [-0.1, -0.05) is 63.9 Å². The molecule has 0 spiro atoms. The van der Waals surface area contributed by atoms with Crippen LogP contribution in [0.4, 0.5) is 4.79 Å². The maximum atomic E-state index is 12.1. The standard InChI is InChI=1S/C18H27NO4/c1-4-5-9-12-22-17(20)16(14(2)3)19-18(21)23-13-15-10-7-6-8-11-15/h6-8,10-11,14,16H,4-5,9,12-13H2,1-3H3,(H,19,21). The van der Waals surface area contributed by atoms with Crippen LogP contribution in [-0.4, -0.2) is 24.7 Å². The van der Waals surface area contributed by atoms with Crippen molar-refractivity contribution < 1.29 is 19.1 Å². The Hall–Kier alpha value is -2.04. The van der Waals surface area contributed by atoms with Gasteiger partial charge in [-0.05, 0) is 17.9 Å². The van der Waals surface area contributed by atoms with Crippen molar-refractivity contribution in [2.24, 2.45) is 5.92 Å². The average Bonchev–Trinajstić information content (AvgIpc) is 2.55. The van der Waals surface area contributed by atoms with Crippen molar-refractivity contribution in [1.29, 1.82) is 0 Å². The number of unbranched alkanes of at least 4 members (excludes halogenated alkanes) is 2. The lowest BCUT2D eigenvalue weighted by Gasteiger charge is -2.20. The van der Waals surface area contributed by atoms with E-state index in [0.717, 1.165) is 24.8 Å². The molecule has 1 N–H and O–H groups in total. The quantitative estimate of drug-likeness (QED) is 0.557. The maximum Gasteiger partial charge on any atom is 0.408 e. The number of hydrogen-bond donors (Lipinski definition) is 1. The summed E-state index contributed by atoms with van der Waals surface area (Å²) in [6.45, 7) is 6.35. The lowest BCUT2D eigenvalue weighted by atomic mass is 10.1. The van der Waals surface area contributed by atoms with E-state index in [4.69, 9.17) is 9.47 Å². The number of carbonyl (C=O) groups is 2. The molecule has 128 valence electrons. The minimum atomic E-state index is -0.695. The Balaban J connectivity index is 2.41. The third-order valence-corrected chi connectivity index (χ3v) is 3.40. The van der Waals surface area contributed by atoms with Crippen LogP contribution in [0.5, 0.6) is 0 Å². The summed E-state index contributed by atoms with van der Waals surface area (Å²) in [6, 6.07) is 8.69. The molecule has 0 aromatic heterocycles. The van der Waals surface area contributed by atoms with Crippen LogP contribution in [0.2, 0.25) is 0 Å². The zero-order valence-electron chi connectivity index (χ0n) is 14.2. The summed E-state index contributed by atoms with van der Waals surface area (Å²) >= 11 is 0. The first kappa shape index (κ1) is 19.0. The van der Waals surface area contributed by atoms with Crippen LogP contribution >= 0.6 is 0 Å². The Kier molecular flexibility index (Phi) is 8.80. The van der Waals surface area contributed by atoms with Crippen molar-refractivity contribution in [1.82, 2.24) is 5.32 Å². The van der Waals surface area contributed by atoms with Crippen LogP contribution in [0.3, 0.4) is 0 Å². The number of nitrogens with one attached hydrogen (secondary N) is 1. The second kappa shape index (κ2) is 10.6. The first-order valence-corrected chi connectivity index (χ1v) is 8.18. The van der Waals surface area contributed by atoms with Crippen LogP contribution in [-0.2, 0) is 20.9 Å². The lowest BCUT2D eigenvalue weighted by Crippen LogP contribution is -2.45. The fourth-order valence-electron chi connectivity index (χ4n) is 2.00. The van der Waals surface area contributed by atoms with E-state index in [0.29, 0.717) is 6.61 Å². The van der Waals surface area contributed by atoms with Crippen LogP contribution in [0.25, 0.3) is 0 Å². The SMILES string of the molecule is CCCCCOC(=O)C(NC(=O)OCc1ccccc1)C(C)C. The number of rotatable bonds is 9. The van der Waals surface area contributed by atoms with Gasteiger partial charge < -0.3 is 14.8 Å². The summed E-state index contributed by atoms with van der Waals surface area (Å²) in [7, 11) is 0. The molecule has 1 rings (SSSR count). The number of hydrogen-bond acceptors (Lipinski definition) is 4. The molecule has 0 aliphatic heterocycles. The zero-order valence-corrected chi connectivity index (χ0v) is 14.2. The Morgan fingerprint density at radius 2 is 1.78 bits per heavy atom. The largest absolute Gasteiger partial charge is 0.464 e. The monoisotopic (exact) mass is 321 g/mol. The van der Waals surface area contributed by atoms with Crippen LogP contribution in [0, 0.1) is 5.92 Å². The fraction of sp³-hybridized carbons (Fsp3) is 0.556. The molecule has 1 atom stereocenters. The van der Waals surface area contributed by atoms with E-state index in [-0.39, 0.29) is 12.5 Å². The Labute approximate surface area is 138 Å². The average molecular weight is 321 g/mol. The summed E-state index contributed by atoms with van der Waals surface area (Å²) in [6.07, 6.45) is 2.31. The van der Waals surface area contributed by atoms with Gasteiger partial charge in [-0.3, -0.25) is 0 Å². The van der Waals surface area contributed by atoms with Gasteiger partial charge in [0, 0.05) is 0 Å². The highest BCUT2D eigenvalue weighted by molar-refractivity contribution is 5.81. The number of benzene rings is 1. The van der Waals surface area contributed by atoms with Crippen LogP contribution in [0.1, 0.15) is 45.6 Å². The zero-order chi connectivity index (χ0) is 17.1. The molecule has 0 bridgehead atoms. The number of carbonyl (C=O) groups excluding carboxylic acids is 2. The molecule has 5 heteroatoms. The van der Waals surface area contributed by atoms with Gasteiger partial charge in [-0.15, -0.1) is 0 Å². The van der Waals surface area contributed by atoms with Gasteiger partial charge in [0.2, 0.25) is 0 Å². The normalized spacial score (nSPS) is 11.8. The topological polar surface area (TPSA) is 64.6 Å². The first-order chi connectivity index (χ1) is 11.0. The van der Waals surface area contributed by atoms with Crippen molar-refractivity contribution >= 4 is 12.1 Å². The predicted molar refractivity (Wildman–Crippen MR) is 88.9 cm³/mol. The molecule has 0 saturated carbocycles. The summed E-state index contributed by atoms with van der Waals surface area (Å²) in [5, 5.41) is 2.59. The molecular weight excluding hydrogens is 294 g/mol. The lowest BCUT2D eigenvalue weighted by molar-refractivity contribution is -0.147. The molecule has 0 saturated heterocycles. The molecule has 1 unspecified atom stereocenters. The number of amides is 1. The van der Waals surface area contributed by atoms with Crippen molar-refractivity contribution in [3.63, 3.8) is 0 Å². The third kappa shape index (κ3) is 7.68. The summed E-state index contributed by atoms with van der Waals surface area (Å²) in [5.74, 6) is -0.481. The van der Waals surface area contributed by atoms with E-state index in [9.17, 15) is 9.59 Å². The second-order valence-corrected chi connectivity index (χ2v) is 5.80. The van der Waals surface area contributed by atoms with Gasteiger partial charge in [0.15, 0.2) is 0 Å². The van der Waals surface area contributed by atoms with E-state index in [2.05, 4.69) is 12.2 Å². The number of ether oxygens (including phenoxy) is 2.